The van der Waals surface area contributed by atoms with E-state index in [-0.39, 0.29) is 12.0 Å². The molecule has 1 aliphatic heterocycles. The van der Waals surface area contributed by atoms with E-state index in [1.54, 1.807) is 0 Å². The Morgan fingerprint density at radius 3 is 2.76 bits per heavy atom. The van der Waals surface area contributed by atoms with Gasteiger partial charge in [0.1, 0.15) is 0 Å². The highest BCUT2D eigenvalue weighted by atomic mass is 16.5. The second kappa shape index (κ2) is 8.80. The van der Waals surface area contributed by atoms with Gasteiger partial charge in [0.2, 0.25) is 5.91 Å². The van der Waals surface area contributed by atoms with E-state index in [0.29, 0.717) is 26.1 Å². The van der Waals surface area contributed by atoms with E-state index in [1.807, 2.05) is 35.2 Å². The number of nitrogens with two attached hydrogens (primary N) is 1. The summed E-state index contributed by atoms with van der Waals surface area (Å²) in [6.45, 7) is 2.59. The number of amides is 1. The van der Waals surface area contributed by atoms with Crippen molar-refractivity contribution in [2.24, 2.45) is 5.73 Å². The molecule has 1 heterocycles. The molecule has 1 fully saturated rings. The van der Waals surface area contributed by atoms with Crippen LogP contribution in [0.25, 0.3) is 0 Å². The summed E-state index contributed by atoms with van der Waals surface area (Å²) in [5.41, 5.74) is 6.79. The Labute approximate surface area is 127 Å². The zero-order chi connectivity index (χ0) is 14.9. The molecule has 116 valence electrons. The molecule has 0 radical (unpaired) electrons. The summed E-state index contributed by atoms with van der Waals surface area (Å²) in [7, 11) is 0. The fourth-order valence-electron chi connectivity index (χ4n) is 2.73. The van der Waals surface area contributed by atoms with Gasteiger partial charge in [0.05, 0.1) is 6.10 Å². The Morgan fingerprint density at radius 2 is 2.10 bits per heavy atom. The summed E-state index contributed by atoms with van der Waals surface area (Å²) in [6, 6.07) is 10.1. The first-order chi connectivity index (χ1) is 10.3. The van der Waals surface area contributed by atoms with Crippen molar-refractivity contribution in [3.63, 3.8) is 0 Å². The van der Waals surface area contributed by atoms with Crippen LogP contribution in [-0.2, 0) is 16.1 Å². The Kier molecular flexibility index (Phi) is 6.70. The molecule has 1 amide bonds. The molecule has 1 aromatic rings. The maximum absolute atomic E-state index is 12.4. The van der Waals surface area contributed by atoms with Gasteiger partial charge >= 0.3 is 0 Å². The summed E-state index contributed by atoms with van der Waals surface area (Å²) < 4.78 is 5.69. The third-order valence-electron chi connectivity index (χ3n) is 3.92. The van der Waals surface area contributed by atoms with Gasteiger partial charge in [-0.05, 0) is 31.2 Å². The molecule has 0 aromatic heterocycles. The fraction of sp³-hybridized carbons (Fsp3) is 0.588. The molecule has 0 aliphatic carbocycles. The minimum absolute atomic E-state index is 0.179. The maximum atomic E-state index is 12.4. The van der Waals surface area contributed by atoms with Crippen molar-refractivity contribution in [1.29, 1.82) is 0 Å². The molecule has 4 nitrogen and oxygen atoms in total. The van der Waals surface area contributed by atoms with E-state index in [9.17, 15) is 4.79 Å². The van der Waals surface area contributed by atoms with Crippen LogP contribution in [0.15, 0.2) is 30.3 Å². The SMILES string of the molecule is NCCN(Cc1ccccc1)C(=O)CCC1CCCCO1. The van der Waals surface area contributed by atoms with Gasteiger partial charge < -0.3 is 15.4 Å². The predicted octanol–water partition coefficient (Wildman–Crippen LogP) is 2.32. The minimum atomic E-state index is 0.179. The zero-order valence-corrected chi connectivity index (χ0v) is 12.7. The summed E-state index contributed by atoms with van der Waals surface area (Å²) in [6.07, 6.45) is 5.10. The monoisotopic (exact) mass is 290 g/mol. The van der Waals surface area contributed by atoms with Crippen LogP contribution >= 0.6 is 0 Å². The average molecular weight is 290 g/mol. The van der Waals surface area contributed by atoms with Crippen LogP contribution in [0.4, 0.5) is 0 Å². The molecule has 1 aromatic carbocycles. The molecule has 2 rings (SSSR count). The lowest BCUT2D eigenvalue weighted by molar-refractivity contribution is -0.132. The van der Waals surface area contributed by atoms with Crippen LogP contribution in [0, 0.1) is 0 Å². The summed E-state index contributed by atoms with van der Waals surface area (Å²) in [4.78, 5) is 14.3. The topological polar surface area (TPSA) is 55.6 Å². The number of carbonyl (C=O) groups is 1. The van der Waals surface area contributed by atoms with Gasteiger partial charge in [0, 0.05) is 32.7 Å². The number of benzene rings is 1. The smallest absolute Gasteiger partial charge is 0.223 e. The number of carbonyl (C=O) groups excluding carboxylic acids is 1. The predicted molar refractivity (Wildman–Crippen MR) is 83.7 cm³/mol. The Balaban J connectivity index is 1.83. The third-order valence-corrected chi connectivity index (χ3v) is 3.92. The summed E-state index contributed by atoms with van der Waals surface area (Å²) in [5.74, 6) is 0.179. The van der Waals surface area contributed by atoms with Crippen molar-refractivity contribution in [2.45, 2.75) is 44.8 Å². The summed E-state index contributed by atoms with van der Waals surface area (Å²) in [5, 5.41) is 0. The first-order valence-electron chi connectivity index (χ1n) is 7.93. The molecule has 0 bridgehead atoms. The first-order valence-corrected chi connectivity index (χ1v) is 7.93. The second-order valence-electron chi connectivity index (χ2n) is 5.62. The Hall–Kier alpha value is -1.39. The molecule has 0 saturated carbocycles. The van der Waals surface area contributed by atoms with Crippen molar-refractivity contribution in [3.8, 4) is 0 Å². The highest BCUT2D eigenvalue weighted by molar-refractivity contribution is 5.76. The van der Waals surface area contributed by atoms with E-state index >= 15 is 0 Å². The number of hydrogen-bond donors (Lipinski definition) is 1. The molecule has 1 saturated heterocycles. The van der Waals surface area contributed by atoms with Crippen molar-refractivity contribution < 1.29 is 9.53 Å². The third kappa shape index (κ3) is 5.48. The van der Waals surface area contributed by atoms with Crippen LogP contribution in [0.1, 0.15) is 37.7 Å². The van der Waals surface area contributed by atoms with Crippen molar-refractivity contribution in [2.75, 3.05) is 19.7 Å². The van der Waals surface area contributed by atoms with Crippen molar-refractivity contribution in [3.05, 3.63) is 35.9 Å². The normalized spacial score (nSPS) is 18.4. The minimum Gasteiger partial charge on any atom is -0.378 e. The molecular formula is C17H26N2O2. The van der Waals surface area contributed by atoms with Crippen LogP contribution in [-0.4, -0.2) is 36.6 Å². The number of nitrogens with zero attached hydrogens (tertiary/aromatic N) is 1. The van der Waals surface area contributed by atoms with Gasteiger partial charge in [-0.3, -0.25) is 4.79 Å². The number of hydrogen-bond acceptors (Lipinski definition) is 3. The molecule has 1 aliphatic rings. The van der Waals surface area contributed by atoms with Crippen LogP contribution < -0.4 is 5.73 Å². The fourth-order valence-corrected chi connectivity index (χ4v) is 2.73. The summed E-state index contributed by atoms with van der Waals surface area (Å²) >= 11 is 0. The lowest BCUT2D eigenvalue weighted by Crippen LogP contribution is -2.35. The molecule has 1 unspecified atom stereocenters. The van der Waals surface area contributed by atoms with E-state index < -0.39 is 0 Å². The van der Waals surface area contributed by atoms with E-state index in [0.717, 1.165) is 31.4 Å². The molecule has 2 N–H and O–H groups in total. The van der Waals surface area contributed by atoms with Crippen LogP contribution in [0.5, 0.6) is 0 Å². The quantitative estimate of drug-likeness (QED) is 0.838. The maximum Gasteiger partial charge on any atom is 0.223 e. The van der Waals surface area contributed by atoms with E-state index in [4.69, 9.17) is 10.5 Å². The van der Waals surface area contributed by atoms with Crippen molar-refractivity contribution >= 4 is 5.91 Å². The van der Waals surface area contributed by atoms with Crippen molar-refractivity contribution in [1.82, 2.24) is 4.90 Å². The number of ether oxygens (including phenoxy) is 1. The zero-order valence-electron chi connectivity index (χ0n) is 12.7. The highest BCUT2D eigenvalue weighted by Crippen LogP contribution is 2.18. The largest absolute Gasteiger partial charge is 0.378 e. The van der Waals surface area contributed by atoms with Gasteiger partial charge in [0.25, 0.3) is 0 Å². The highest BCUT2D eigenvalue weighted by Gasteiger charge is 2.18. The first kappa shape index (κ1) is 16.0. The van der Waals surface area contributed by atoms with Gasteiger partial charge in [-0.1, -0.05) is 30.3 Å². The van der Waals surface area contributed by atoms with Gasteiger partial charge in [-0.15, -0.1) is 0 Å². The van der Waals surface area contributed by atoms with Gasteiger partial charge in [-0.2, -0.15) is 0 Å². The van der Waals surface area contributed by atoms with Crippen LogP contribution in [0.3, 0.4) is 0 Å². The standard InChI is InChI=1S/C17H26N2O2/c18-11-12-19(14-15-6-2-1-3-7-15)17(20)10-9-16-8-4-5-13-21-16/h1-3,6-7,16H,4-5,8-14,18H2. The molecule has 0 spiro atoms. The van der Waals surface area contributed by atoms with E-state index in [2.05, 4.69) is 0 Å². The Bertz CT molecular complexity index is 416. The molecular weight excluding hydrogens is 264 g/mol. The Morgan fingerprint density at radius 1 is 1.29 bits per heavy atom. The van der Waals surface area contributed by atoms with E-state index in [1.165, 1.54) is 6.42 Å². The lowest BCUT2D eigenvalue weighted by atomic mass is 10.0. The van der Waals surface area contributed by atoms with Gasteiger partial charge in [0.15, 0.2) is 0 Å². The molecule has 1 atom stereocenters. The average Bonchev–Trinajstić information content (AvgIpc) is 2.54. The van der Waals surface area contributed by atoms with Crippen LogP contribution in [0.2, 0.25) is 0 Å². The second-order valence-corrected chi connectivity index (χ2v) is 5.62. The van der Waals surface area contributed by atoms with Gasteiger partial charge in [-0.25, -0.2) is 0 Å². The lowest BCUT2D eigenvalue weighted by Gasteiger charge is -2.25. The number of rotatable bonds is 7. The molecule has 21 heavy (non-hydrogen) atoms. The molecule has 4 heteroatoms.